The summed E-state index contributed by atoms with van der Waals surface area (Å²) >= 11 is 0. The molecule has 1 amide bonds. The van der Waals surface area contributed by atoms with Crippen LogP contribution < -0.4 is 14.8 Å². The molecule has 5 heteroatoms. The highest BCUT2D eigenvalue weighted by atomic mass is 16.5. The number of nitrogens with one attached hydrogen (secondary N) is 1. The summed E-state index contributed by atoms with van der Waals surface area (Å²) in [6.45, 7) is 2.67. The zero-order chi connectivity index (χ0) is 17.6. The Balaban J connectivity index is 1.88. The average Bonchev–Trinajstić information content (AvgIpc) is 2.67. The van der Waals surface area contributed by atoms with Gasteiger partial charge in [0, 0.05) is 17.1 Å². The number of hydrogen-bond acceptors (Lipinski definition) is 4. The molecule has 0 aliphatic carbocycles. The van der Waals surface area contributed by atoms with Crippen molar-refractivity contribution in [3.63, 3.8) is 0 Å². The van der Waals surface area contributed by atoms with E-state index < -0.39 is 0 Å². The molecule has 0 saturated carbocycles. The Bertz CT molecular complexity index is 893. The molecule has 2 aromatic carbocycles. The fraction of sp³-hybridized carbons (Fsp3) is 0.200. The van der Waals surface area contributed by atoms with E-state index >= 15 is 0 Å². The molecule has 0 atom stereocenters. The molecule has 25 heavy (non-hydrogen) atoms. The lowest BCUT2D eigenvalue weighted by Crippen LogP contribution is -2.12. The van der Waals surface area contributed by atoms with E-state index in [0.29, 0.717) is 34.9 Å². The quantitative estimate of drug-likeness (QED) is 0.730. The Morgan fingerprint density at radius 3 is 2.84 bits per heavy atom. The van der Waals surface area contributed by atoms with Crippen molar-refractivity contribution in [2.45, 2.75) is 13.3 Å². The molecule has 0 spiro atoms. The van der Waals surface area contributed by atoms with Crippen molar-refractivity contribution in [1.29, 1.82) is 0 Å². The van der Waals surface area contributed by atoms with E-state index in [2.05, 4.69) is 10.3 Å². The number of carbonyl (C=O) groups is 1. The summed E-state index contributed by atoms with van der Waals surface area (Å²) in [6, 6.07) is 14.5. The van der Waals surface area contributed by atoms with Crippen molar-refractivity contribution in [3.05, 3.63) is 60.3 Å². The predicted octanol–water partition coefficient (Wildman–Crippen LogP) is 4.28. The van der Waals surface area contributed by atoms with Gasteiger partial charge in [0.2, 0.25) is 0 Å². The topological polar surface area (TPSA) is 60.5 Å². The molecule has 1 heterocycles. The Labute approximate surface area is 146 Å². The number of fused-ring (bicyclic) bond motifs is 1. The molecule has 0 aliphatic heterocycles. The maximum absolute atomic E-state index is 12.6. The van der Waals surface area contributed by atoms with Gasteiger partial charge >= 0.3 is 0 Å². The molecular formula is C20H20N2O3. The average molecular weight is 336 g/mol. The van der Waals surface area contributed by atoms with Gasteiger partial charge in [-0.2, -0.15) is 0 Å². The fourth-order valence-corrected chi connectivity index (χ4v) is 2.56. The smallest absolute Gasteiger partial charge is 0.255 e. The first-order valence-corrected chi connectivity index (χ1v) is 8.19. The summed E-state index contributed by atoms with van der Waals surface area (Å²) in [5, 5.41) is 3.77. The molecular weight excluding hydrogens is 316 g/mol. The SMILES string of the molecule is CCCOc1cccc(C(=O)Nc2ccc(OC)c3ncccc23)c1. The standard InChI is InChI=1S/C20H20N2O3/c1-3-12-25-15-7-4-6-14(13-15)20(23)22-17-9-10-18(24-2)19-16(17)8-5-11-21-19/h4-11,13H,3,12H2,1-2H3,(H,22,23). The third-order valence-electron chi connectivity index (χ3n) is 3.77. The second-order valence-electron chi connectivity index (χ2n) is 5.55. The van der Waals surface area contributed by atoms with E-state index in [-0.39, 0.29) is 5.91 Å². The van der Waals surface area contributed by atoms with E-state index in [4.69, 9.17) is 9.47 Å². The molecule has 0 saturated heterocycles. The molecule has 0 aliphatic rings. The van der Waals surface area contributed by atoms with Gasteiger partial charge in [-0.1, -0.05) is 13.0 Å². The number of methoxy groups -OCH3 is 1. The number of amides is 1. The van der Waals surface area contributed by atoms with Crippen LogP contribution in [0.5, 0.6) is 11.5 Å². The van der Waals surface area contributed by atoms with Gasteiger partial charge in [-0.25, -0.2) is 0 Å². The van der Waals surface area contributed by atoms with Crippen LogP contribution in [0.3, 0.4) is 0 Å². The number of benzene rings is 2. The summed E-state index contributed by atoms with van der Waals surface area (Å²) in [6.07, 6.45) is 2.62. The van der Waals surface area contributed by atoms with Crippen LogP contribution in [0.15, 0.2) is 54.7 Å². The van der Waals surface area contributed by atoms with Gasteiger partial charge in [-0.15, -0.1) is 0 Å². The summed E-state index contributed by atoms with van der Waals surface area (Å²) in [7, 11) is 1.60. The lowest BCUT2D eigenvalue weighted by Gasteiger charge is -2.11. The zero-order valence-electron chi connectivity index (χ0n) is 14.3. The molecule has 0 radical (unpaired) electrons. The molecule has 0 fully saturated rings. The number of anilines is 1. The van der Waals surface area contributed by atoms with Gasteiger partial charge in [0.25, 0.3) is 5.91 Å². The summed E-state index contributed by atoms with van der Waals surface area (Å²) in [5.74, 6) is 1.16. The predicted molar refractivity (Wildman–Crippen MR) is 98.5 cm³/mol. The minimum Gasteiger partial charge on any atom is -0.494 e. The Kier molecular flexibility index (Phi) is 5.14. The Morgan fingerprint density at radius 1 is 1.16 bits per heavy atom. The monoisotopic (exact) mass is 336 g/mol. The largest absolute Gasteiger partial charge is 0.494 e. The van der Waals surface area contributed by atoms with Gasteiger partial charge < -0.3 is 14.8 Å². The Hall–Kier alpha value is -3.08. The maximum atomic E-state index is 12.6. The molecule has 1 aromatic heterocycles. The van der Waals surface area contributed by atoms with Crippen LogP contribution in [0.2, 0.25) is 0 Å². The number of nitrogens with zero attached hydrogens (tertiary/aromatic N) is 1. The second-order valence-corrected chi connectivity index (χ2v) is 5.55. The first kappa shape index (κ1) is 16.8. The molecule has 0 unspecified atom stereocenters. The minimum absolute atomic E-state index is 0.197. The number of pyridine rings is 1. The van der Waals surface area contributed by atoms with E-state index in [1.165, 1.54) is 0 Å². The molecule has 5 nitrogen and oxygen atoms in total. The van der Waals surface area contributed by atoms with Gasteiger partial charge in [0.15, 0.2) is 0 Å². The van der Waals surface area contributed by atoms with E-state index in [9.17, 15) is 4.79 Å². The molecule has 0 bridgehead atoms. The van der Waals surface area contributed by atoms with Gasteiger partial charge in [-0.05, 0) is 48.9 Å². The van der Waals surface area contributed by atoms with Crippen LogP contribution in [0.1, 0.15) is 23.7 Å². The third-order valence-corrected chi connectivity index (χ3v) is 3.77. The van der Waals surface area contributed by atoms with Crippen molar-refractivity contribution in [3.8, 4) is 11.5 Å². The molecule has 3 rings (SSSR count). The van der Waals surface area contributed by atoms with Gasteiger partial charge in [-0.3, -0.25) is 9.78 Å². The second kappa shape index (κ2) is 7.66. The number of hydrogen-bond donors (Lipinski definition) is 1. The van der Waals surface area contributed by atoms with Crippen LogP contribution in [0.4, 0.5) is 5.69 Å². The highest BCUT2D eigenvalue weighted by Crippen LogP contribution is 2.30. The molecule has 1 N–H and O–H groups in total. The number of rotatable bonds is 6. The first-order valence-electron chi connectivity index (χ1n) is 8.19. The third kappa shape index (κ3) is 3.71. The Morgan fingerprint density at radius 2 is 2.04 bits per heavy atom. The van der Waals surface area contributed by atoms with Crippen molar-refractivity contribution in [2.75, 3.05) is 19.0 Å². The fourth-order valence-electron chi connectivity index (χ4n) is 2.56. The van der Waals surface area contributed by atoms with Crippen LogP contribution in [-0.4, -0.2) is 24.6 Å². The van der Waals surface area contributed by atoms with Crippen LogP contribution in [0, 0.1) is 0 Å². The van der Waals surface area contributed by atoms with E-state index in [0.717, 1.165) is 11.8 Å². The number of aromatic nitrogens is 1. The number of carbonyl (C=O) groups excluding carboxylic acids is 1. The highest BCUT2D eigenvalue weighted by Gasteiger charge is 2.12. The van der Waals surface area contributed by atoms with Crippen molar-refractivity contribution < 1.29 is 14.3 Å². The van der Waals surface area contributed by atoms with Crippen LogP contribution in [-0.2, 0) is 0 Å². The molecule has 128 valence electrons. The summed E-state index contributed by atoms with van der Waals surface area (Å²) < 4.78 is 10.9. The van der Waals surface area contributed by atoms with Crippen molar-refractivity contribution >= 4 is 22.5 Å². The van der Waals surface area contributed by atoms with Crippen molar-refractivity contribution in [2.24, 2.45) is 0 Å². The lowest BCUT2D eigenvalue weighted by atomic mass is 10.1. The van der Waals surface area contributed by atoms with Gasteiger partial charge in [0.05, 0.1) is 19.4 Å². The zero-order valence-corrected chi connectivity index (χ0v) is 14.3. The van der Waals surface area contributed by atoms with Crippen LogP contribution >= 0.6 is 0 Å². The lowest BCUT2D eigenvalue weighted by molar-refractivity contribution is 0.102. The minimum atomic E-state index is -0.197. The van der Waals surface area contributed by atoms with E-state index in [1.807, 2.05) is 37.3 Å². The summed E-state index contributed by atoms with van der Waals surface area (Å²) in [4.78, 5) is 17.0. The first-order chi connectivity index (χ1) is 12.2. The summed E-state index contributed by atoms with van der Waals surface area (Å²) in [5.41, 5.74) is 1.94. The molecule has 3 aromatic rings. The maximum Gasteiger partial charge on any atom is 0.255 e. The van der Waals surface area contributed by atoms with Crippen molar-refractivity contribution in [1.82, 2.24) is 4.98 Å². The van der Waals surface area contributed by atoms with Crippen LogP contribution in [0.25, 0.3) is 10.9 Å². The highest BCUT2D eigenvalue weighted by molar-refractivity contribution is 6.09. The van der Waals surface area contributed by atoms with Gasteiger partial charge in [0.1, 0.15) is 17.0 Å². The normalized spacial score (nSPS) is 10.5. The van der Waals surface area contributed by atoms with E-state index in [1.54, 1.807) is 31.5 Å². The number of ether oxygens (including phenoxy) is 2.